The maximum atomic E-state index is 7.61. The molecule has 4 aromatic rings. The molecule has 1 aliphatic rings. The average molecular weight is 1390 g/mol. The molecule has 1 aliphatic heterocycles. The Bertz CT molecular complexity index is 2280. The van der Waals surface area contributed by atoms with E-state index in [9.17, 15) is 0 Å². The largest absolute Gasteiger partial charge is 0.494 e. The van der Waals surface area contributed by atoms with E-state index >= 15 is 0 Å². The van der Waals surface area contributed by atoms with Crippen molar-refractivity contribution in [2.45, 2.75) is 311 Å². The van der Waals surface area contributed by atoms with Crippen LogP contribution in [0.4, 0.5) is 0 Å². The Labute approximate surface area is 592 Å². The summed E-state index contributed by atoms with van der Waals surface area (Å²) in [5.41, 5.74) is 12.9. The zero-order valence-electron chi connectivity index (χ0n) is 62.2. The smallest absolute Gasteiger partial charge is 0.344 e. The van der Waals surface area contributed by atoms with Crippen LogP contribution >= 0.6 is 0 Å². The van der Waals surface area contributed by atoms with E-state index in [0.717, 1.165) is 97.4 Å². The van der Waals surface area contributed by atoms with Crippen molar-refractivity contribution in [2.75, 3.05) is 26.4 Å². The Kier molecular flexibility index (Phi) is 43.8. The Hall–Kier alpha value is -4.25. The number of rotatable bonds is 56. The molecule has 0 amide bonds. The van der Waals surface area contributed by atoms with Gasteiger partial charge in [0.15, 0.2) is 0 Å². The molecule has 4 aromatic carbocycles. The Morgan fingerprint density at radius 2 is 0.365 bits per heavy atom. The van der Waals surface area contributed by atoms with Gasteiger partial charge in [-0.25, -0.2) is 0 Å². The summed E-state index contributed by atoms with van der Waals surface area (Å²) in [5, 5.41) is 0. The van der Waals surface area contributed by atoms with Gasteiger partial charge in [0, 0.05) is 0 Å². The van der Waals surface area contributed by atoms with E-state index in [1.807, 2.05) is 0 Å². The lowest BCUT2D eigenvalue weighted by Crippen LogP contribution is -2.66. The van der Waals surface area contributed by atoms with E-state index < -0.39 is 34.2 Å². The van der Waals surface area contributed by atoms with Crippen LogP contribution in [0.25, 0.3) is 24.3 Å². The fourth-order valence-electron chi connectivity index (χ4n) is 12.8. The average Bonchev–Trinajstić information content (AvgIpc) is 0.766. The minimum atomic E-state index is -3.28. The van der Waals surface area contributed by atoms with Gasteiger partial charge in [0.25, 0.3) is 0 Å². The Morgan fingerprint density at radius 1 is 0.219 bits per heavy atom. The predicted molar refractivity (Wildman–Crippen MR) is 422 cm³/mol. The SMILES string of the molecule is CCCCCCCCCCCCOc1ccc(/C=C/[Si]2(C)O[Si](C)(/C=C/c3ccc(OCCCCCCCCCCCC)cc3)O[Si](C)(/C=C/c3ccc(OCCCCCCCCCCCC)cc3)O[Si](C)(/C=C/c3ccc(OCCCCCCCCCCCC)cc3)O2)cc1. The molecule has 0 bridgehead atoms. The Balaban J connectivity index is 1.34. The summed E-state index contributed by atoms with van der Waals surface area (Å²) < 4.78 is 55.5. The summed E-state index contributed by atoms with van der Waals surface area (Å²) in [6.07, 6.45) is 60.9. The van der Waals surface area contributed by atoms with Crippen LogP contribution in [0.2, 0.25) is 26.2 Å². The summed E-state index contributed by atoms with van der Waals surface area (Å²) in [6.45, 7) is 20.7. The molecule has 5 rings (SSSR count). The first-order valence-corrected chi connectivity index (χ1v) is 48.9. The standard InChI is InChI=1S/C84H136O8Si4/c1-9-13-17-21-25-29-33-37-41-45-69-85-81-57-49-77(50-58-81)65-73-93(5)89-94(6,74-66-78-51-59-82(60-52-78)86-70-46-42-38-34-30-26-22-18-14-10-2)91-96(8,76-68-80-55-63-84(64-56-80)88-72-48-44-40-36-32-28-24-20-16-12-4)92-95(7,90-93)75-67-79-53-61-83(62-54-79)87-71-47-43-39-35-31-27-23-19-15-11-3/h49-68,73-76H,9-48,69-72H2,1-8H3/b73-65+,74-66+,75-67+,76-68+. The predicted octanol–water partition coefficient (Wildman–Crippen LogP) is 26.6. The molecule has 0 radical (unpaired) electrons. The van der Waals surface area contributed by atoms with Gasteiger partial charge in [0.2, 0.25) is 0 Å². The summed E-state index contributed by atoms with van der Waals surface area (Å²) in [6, 6.07) is 33.7. The van der Waals surface area contributed by atoms with Crippen LogP contribution in [0.5, 0.6) is 23.0 Å². The second-order valence-corrected chi connectivity index (χ2v) is 40.9. The quantitative estimate of drug-likeness (QED) is 0.0320. The van der Waals surface area contributed by atoms with Crippen molar-refractivity contribution in [1.82, 2.24) is 0 Å². The van der Waals surface area contributed by atoms with Crippen molar-refractivity contribution in [1.29, 1.82) is 0 Å². The Morgan fingerprint density at radius 3 is 0.521 bits per heavy atom. The number of hydrogen-bond donors (Lipinski definition) is 0. The molecule has 1 saturated heterocycles. The highest BCUT2D eigenvalue weighted by molar-refractivity contribution is 6.98. The van der Waals surface area contributed by atoms with E-state index in [4.69, 9.17) is 35.4 Å². The first-order valence-electron chi connectivity index (χ1n) is 39.4. The second-order valence-electron chi connectivity index (χ2n) is 28.2. The van der Waals surface area contributed by atoms with E-state index in [1.165, 1.54) is 231 Å². The van der Waals surface area contributed by atoms with Gasteiger partial charge in [0.05, 0.1) is 26.4 Å². The van der Waals surface area contributed by atoms with Crippen LogP contribution in [0.3, 0.4) is 0 Å². The van der Waals surface area contributed by atoms with Crippen LogP contribution in [-0.4, -0.2) is 60.7 Å². The van der Waals surface area contributed by atoms with Crippen LogP contribution < -0.4 is 18.9 Å². The van der Waals surface area contributed by atoms with Gasteiger partial charge in [-0.3, -0.25) is 0 Å². The van der Waals surface area contributed by atoms with E-state index in [1.54, 1.807) is 0 Å². The first-order chi connectivity index (χ1) is 46.9. The molecule has 1 heterocycles. The second kappa shape index (κ2) is 51.0. The molecule has 536 valence electrons. The molecule has 1 fully saturated rings. The summed E-state index contributed by atoms with van der Waals surface area (Å²) in [7, 11) is -13.1. The van der Waals surface area contributed by atoms with E-state index in [2.05, 4.69) is 198 Å². The van der Waals surface area contributed by atoms with Crippen LogP contribution in [-0.2, 0) is 16.5 Å². The topological polar surface area (TPSA) is 73.8 Å². The highest BCUT2D eigenvalue weighted by Gasteiger charge is 2.54. The molecule has 0 N–H and O–H groups in total. The third-order valence-corrected chi connectivity index (χ3v) is 34.6. The number of benzene rings is 4. The highest BCUT2D eigenvalue weighted by Crippen LogP contribution is 2.36. The van der Waals surface area contributed by atoms with Gasteiger partial charge in [-0.1, -0.05) is 332 Å². The van der Waals surface area contributed by atoms with Crippen LogP contribution in [0.15, 0.2) is 120 Å². The molecule has 0 spiro atoms. The minimum Gasteiger partial charge on any atom is -0.494 e. The number of ether oxygens (including phenoxy) is 4. The molecule has 0 aromatic heterocycles. The monoisotopic (exact) mass is 1380 g/mol. The van der Waals surface area contributed by atoms with Crippen molar-refractivity contribution in [2.24, 2.45) is 0 Å². The molecule has 0 unspecified atom stereocenters. The minimum absolute atomic E-state index is 0.735. The zero-order chi connectivity index (χ0) is 68.4. The van der Waals surface area contributed by atoms with Crippen molar-refractivity contribution < 1.29 is 35.4 Å². The molecule has 0 aliphatic carbocycles. The van der Waals surface area contributed by atoms with Crippen molar-refractivity contribution in [3.8, 4) is 23.0 Å². The van der Waals surface area contributed by atoms with Crippen LogP contribution in [0.1, 0.15) is 307 Å². The fourth-order valence-corrected chi connectivity index (χ4v) is 32.0. The summed E-state index contributed by atoms with van der Waals surface area (Å²) >= 11 is 0. The maximum Gasteiger partial charge on any atom is 0.344 e. The molecular formula is C84H136O8Si4. The van der Waals surface area contributed by atoms with Crippen molar-refractivity contribution >= 4 is 58.5 Å². The number of unbranched alkanes of at least 4 members (excludes halogenated alkanes) is 36. The van der Waals surface area contributed by atoms with Crippen LogP contribution in [0, 0.1) is 0 Å². The van der Waals surface area contributed by atoms with E-state index in [0.29, 0.717) is 0 Å². The molecule has 12 heteroatoms. The fraction of sp³-hybridized carbons (Fsp3) is 0.619. The normalized spacial score (nSPS) is 19.2. The molecule has 96 heavy (non-hydrogen) atoms. The first kappa shape index (κ1) is 82.4. The van der Waals surface area contributed by atoms with Gasteiger partial charge in [-0.2, -0.15) is 0 Å². The summed E-state index contributed by atoms with van der Waals surface area (Å²) in [5.74, 6) is 3.58. The zero-order valence-corrected chi connectivity index (χ0v) is 66.2. The molecule has 0 atom stereocenters. The molecule has 8 nitrogen and oxygen atoms in total. The lowest BCUT2D eigenvalue weighted by atomic mass is 10.1. The third kappa shape index (κ3) is 38.4. The summed E-state index contributed by atoms with van der Waals surface area (Å²) in [4.78, 5) is 0. The molecular weight excluding hydrogens is 1250 g/mol. The van der Waals surface area contributed by atoms with Gasteiger partial charge in [-0.05, 0) is 145 Å². The van der Waals surface area contributed by atoms with Gasteiger partial charge >= 0.3 is 34.2 Å². The maximum absolute atomic E-state index is 7.61. The number of hydrogen-bond acceptors (Lipinski definition) is 8. The molecule has 0 saturated carbocycles. The van der Waals surface area contributed by atoms with Gasteiger partial charge in [-0.15, -0.1) is 0 Å². The van der Waals surface area contributed by atoms with Gasteiger partial charge < -0.3 is 35.4 Å². The highest BCUT2D eigenvalue weighted by atomic mass is 28.5. The van der Waals surface area contributed by atoms with Crippen molar-refractivity contribution in [3.05, 3.63) is 142 Å². The third-order valence-electron chi connectivity index (χ3n) is 18.5. The van der Waals surface area contributed by atoms with Gasteiger partial charge in [0.1, 0.15) is 23.0 Å². The lowest BCUT2D eigenvalue weighted by Gasteiger charge is -2.47. The lowest BCUT2D eigenvalue weighted by molar-refractivity contribution is 0.251. The van der Waals surface area contributed by atoms with Crippen molar-refractivity contribution in [3.63, 3.8) is 0 Å². The van der Waals surface area contributed by atoms with E-state index in [-0.39, 0.29) is 0 Å².